The predicted molar refractivity (Wildman–Crippen MR) is 143 cm³/mol. The first kappa shape index (κ1) is 24.8. The number of fused-ring (bicyclic) bond motifs is 1. The first-order chi connectivity index (χ1) is 17.8. The number of hydrogen-bond donors (Lipinski definition) is 1. The molecule has 0 unspecified atom stereocenters. The number of thioether (sulfide) groups is 1. The number of benzene rings is 2. The molecule has 9 nitrogen and oxygen atoms in total. The Labute approximate surface area is 218 Å². The number of aryl methyl sites for hydroxylation is 1. The van der Waals surface area contributed by atoms with E-state index in [-0.39, 0.29) is 23.9 Å². The Bertz CT molecular complexity index is 1470. The van der Waals surface area contributed by atoms with Gasteiger partial charge in [-0.1, -0.05) is 18.2 Å². The van der Waals surface area contributed by atoms with Crippen molar-refractivity contribution in [3.8, 4) is 0 Å². The van der Waals surface area contributed by atoms with E-state index < -0.39 is 5.97 Å². The zero-order chi connectivity index (χ0) is 26.1. The van der Waals surface area contributed by atoms with E-state index in [1.165, 1.54) is 22.7 Å². The maximum absolute atomic E-state index is 13.1. The molecule has 2 aliphatic heterocycles. The highest BCUT2D eigenvalue weighted by Gasteiger charge is 2.31. The molecule has 3 heterocycles. The molecule has 5 rings (SSSR count). The van der Waals surface area contributed by atoms with Gasteiger partial charge >= 0.3 is 5.97 Å². The third-order valence-electron chi connectivity index (χ3n) is 6.44. The monoisotopic (exact) mass is 518 g/mol. The van der Waals surface area contributed by atoms with Crippen molar-refractivity contribution in [3.05, 3.63) is 70.3 Å². The molecule has 0 spiro atoms. The molecule has 2 aromatic carbocycles. The largest absolute Gasteiger partial charge is 0.478 e. The number of carboxylic acid groups (broad SMARTS) is 1. The van der Waals surface area contributed by atoms with E-state index in [2.05, 4.69) is 4.99 Å². The van der Waals surface area contributed by atoms with Crippen LogP contribution in [0.3, 0.4) is 0 Å². The van der Waals surface area contributed by atoms with Gasteiger partial charge in [-0.3, -0.25) is 14.5 Å². The Morgan fingerprint density at radius 2 is 1.92 bits per heavy atom. The van der Waals surface area contributed by atoms with Crippen LogP contribution >= 0.6 is 11.8 Å². The van der Waals surface area contributed by atoms with Crippen molar-refractivity contribution in [2.24, 2.45) is 4.99 Å². The average Bonchev–Trinajstić information content (AvgIpc) is 3.37. The number of nitrogens with zero attached hydrogens (tertiary/aromatic N) is 4. The molecule has 0 atom stereocenters. The Morgan fingerprint density at radius 3 is 2.65 bits per heavy atom. The van der Waals surface area contributed by atoms with E-state index in [1.807, 2.05) is 46.0 Å². The summed E-state index contributed by atoms with van der Waals surface area (Å²) in [5.41, 5.74) is 3.26. The lowest BCUT2D eigenvalue weighted by atomic mass is 10.1. The number of ether oxygens (including phenoxy) is 1. The summed E-state index contributed by atoms with van der Waals surface area (Å²) in [6, 6.07) is 12.5. The van der Waals surface area contributed by atoms with E-state index in [9.17, 15) is 19.5 Å². The minimum absolute atomic E-state index is 0.0352. The number of morpholine rings is 1. The van der Waals surface area contributed by atoms with E-state index in [0.717, 1.165) is 16.5 Å². The molecule has 2 saturated heterocycles. The number of amides is 2. The zero-order valence-electron chi connectivity index (χ0n) is 20.5. The lowest BCUT2D eigenvalue weighted by Crippen LogP contribution is -2.42. The van der Waals surface area contributed by atoms with Crippen molar-refractivity contribution in [1.82, 2.24) is 14.4 Å². The minimum Gasteiger partial charge on any atom is -0.478 e. The smallest absolute Gasteiger partial charge is 0.335 e. The molecule has 10 heteroatoms. The number of aromatic nitrogens is 1. The maximum Gasteiger partial charge on any atom is 0.335 e. The van der Waals surface area contributed by atoms with Crippen LogP contribution in [0.25, 0.3) is 17.0 Å². The number of likely N-dealkylation sites (N-methyl/N-ethyl adjacent to an activating group) is 1. The molecule has 37 heavy (non-hydrogen) atoms. The molecule has 3 aromatic rings. The second-order valence-electron chi connectivity index (χ2n) is 8.90. The van der Waals surface area contributed by atoms with Crippen LogP contribution in [0.5, 0.6) is 0 Å². The van der Waals surface area contributed by atoms with Crippen LogP contribution in [0.15, 0.2) is 58.6 Å². The van der Waals surface area contributed by atoms with Gasteiger partial charge in [-0.2, -0.15) is 0 Å². The molecule has 2 fully saturated rings. The topological polar surface area (TPSA) is 104 Å². The summed E-state index contributed by atoms with van der Waals surface area (Å²) in [4.78, 5) is 45.6. The minimum atomic E-state index is -0.999. The molecule has 2 aliphatic rings. The number of aliphatic imine (C=N–C) groups is 1. The van der Waals surface area contributed by atoms with E-state index in [4.69, 9.17) is 4.74 Å². The summed E-state index contributed by atoms with van der Waals surface area (Å²) >= 11 is 1.26. The zero-order valence-corrected chi connectivity index (χ0v) is 21.3. The summed E-state index contributed by atoms with van der Waals surface area (Å²) in [6.45, 7) is 4.28. The third kappa shape index (κ3) is 5.03. The Hall–Kier alpha value is -3.89. The molecule has 0 radical (unpaired) electrons. The molecule has 0 saturated carbocycles. The van der Waals surface area contributed by atoms with Gasteiger partial charge in [0.25, 0.3) is 5.91 Å². The van der Waals surface area contributed by atoms with Crippen molar-refractivity contribution in [3.63, 3.8) is 0 Å². The summed E-state index contributed by atoms with van der Waals surface area (Å²) < 4.78 is 7.28. The predicted octanol–water partition coefficient (Wildman–Crippen LogP) is 3.74. The van der Waals surface area contributed by atoms with Gasteiger partial charge in [0.05, 0.1) is 29.4 Å². The molecule has 0 aliphatic carbocycles. The highest BCUT2D eigenvalue weighted by atomic mass is 32.2. The van der Waals surface area contributed by atoms with Crippen molar-refractivity contribution in [1.29, 1.82) is 0 Å². The van der Waals surface area contributed by atoms with Crippen molar-refractivity contribution in [2.75, 3.05) is 33.4 Å². The second kappa shape index (κ2) is 10.2. The highest BCUT2D eigenvalue weighted by Crippen LogP contribution is 2.35. The van der Waals surface area contributed by atoms with Crippen LogP contribution in [0, 0.1) is 6.92 Å². The molecule has 1 N–H and O–H groups in total. The highest BCUT2D eigenvalue weighted by molar-refractivity contribution is 8.18. The number of rotatable bonds is 5. The number of carbonyl (C=O) groups excluding carboxylic acids is 2. The third-order valence-corrected chi connectivity index (χ3v) is 7.50. The van der Waals surface area contributed by atoms with Crippen LogP contribution in [0.4, 0.5) is 5.69 Å². The van der Waals surface area contributed by atoms with E-state index in [0.29, 0.717) is 47.6 Å². The lowest BCUT2D eigenvalue weighted by Gasteiger charge is -2.27. The Kier molecular flexibility index (Phi) is 6.86. The maximum atomic E-state index is 13.1. The number of hydrogen-bond acceptors (Lipinski definition) is 6. The summed E-state index contributed by atoms with van der Waals surface area (Å²) in [5.74, 6) is -1.14. The van der Waals surface area contributed by atoms with Gasteiger partial charge in [-0.05, 0) is 54.6 Å². The molecule has 1 aromatic heterocycles. The van der Waals surface area contributed by atoms with Crippen molar-refractivity contribution >= 4 is 57.4 Å². The lowest BCUT2D eigenvalue weighted by molar-refractivity contribution is -0.135. The average molecular weight is 519 g/mol. The van der Waals surface area contributed by atoms with E-state index >= 15 is 0 Å². The molecule has 0 bridgehead atoms. The second-order valence-corrected chi connectivity index (χ2v) is 9.91. The van der Waals surface area contributed by atoms with Crippen LogP contribution in [0.1, 0.15) is 21.5 Å². The fourth-order valence-electron chi connectivity index (χ4n) is 4.39. The molecule has 2 amide bonds. The molecular weight excluding hydrogens is 492 g/mol. The first-order valence-corrected chi connectivity index (χ1v) is 12.7. The number of para-hydroxylation sites is 1. The molecule has 190 valence electrons. The number of carbonyl (C=O) groups is 3. The van der Waals surface area contributed by atoms with Crippen LogP contribution < -0.4 is 0 Å². The van der Waals surface area contributed by atoms with Crippen LogP contribution in [0.2, 0.25) is 0 Å². The Morgan fingerprint density at radius 1 is 1.16 bits per heavy atom. The van der Waals surface area contributed by atoms with Crippen LogP contribution in [-0.4, -0.2) is 75.8 Å². The van der Waals surface area contributed by atoms with Gasteiger partial charge in [0.2, 0.25) is 5.91 Å². The van der Waals surface area contributed by atoms with Gasteiger partial charge in [0.15, 0.2) is 5.17 Å². The van der Waals surface area contributed by atoms with Gasteiger partial charge in [0, 0.05) is 42.8 Å². The van der Waals surface area contributed by atoms with Gasteiger partial charge in [-0.25, -0.2) is 9.79 Å². The number of carboxylic acids is 1. The number of aromatic carboxylic acids is 1. The first-order valence-electron chi connectivity index (χ1n) is 11.9. The van der Waals surface area contributed by atoms with Crippen molar-refractivity contribution in [2.45, 2.75) is 13.5 Å². The van der Waals surface area contributed by atoms with Crippen molar-refractivity contribution < 1.29 is 24.2 Å². The van der Waals surface area contributed by atoms with E-state index in [1.54, 1.807) is 26.1 Å². The fraction of sp³-hybridized carbons (Fsp3) is 0.259. The van der Waals surface area contributed by atoms with Gasteiger partial charge in [-0.15, -0.1) is 0 Å². The standard InChI is InChI=1S/C27H26N4O5S/c1-17-13-18(26(34)35)7-8-21(17)28-27-29(2)25(33)23(37-27)14-19-15-31(22-6-4-3-5-20(19)22)16-24(32)30-9-11-36-12-10-30/h3-8,13-15H,9-12,16H2,1-2H3,(H,34,35)/b23-14-,28-27?. The fourth-order valence-corrected chi connectivity index (χ4v) is 5.36. The van der Waals surface area contributed by atoms with Gasteiger partial charge in [0.1, 0.15) is 6.54 Å². The molecular formula is C27H26N4O5S. The summed E-state index contributed by atoms with van der Waals surface area (Å²) in [7, 11) is 1.67. The normalized spacial score (nSPS) is 18.4. The number of amidine groups is 1. The summed E-state index contributed by atoms with van der Waals surface area (Å²) in [6.07, 6.45) is 3.75. The SMILES string of the molecule is Cc1cc(C(=O)O)ccc1N=C1S/C(=C\c2cn(CC(=O)N3CCOCC3)c3ccccc23)C(=O)N1C. The van der Waals surface area contributed by atoms with Gasteiger partial charge < -0.3 is 19.3 Å². The quantitative estimate of drug-likeness (QED) is 0.516. The summed E-state index contributed by atoms with van der Waals surface area (Å²) in [5, 5.41) is 10.7. The Balaban J connectivity index is 1.43. The van der Waals surface area contributed by atoms with Crippen LogP contribution in [-0.2, 0) is 20.9 Å².